The van der Waals surface area contributed by atoms with Gasteiger partial charge < -0.3 is 14.8 Å². The van der Waals surface area contributed by atoms with E-state index in [1.807, 2.05) is 37.3 Å². The quantitative estimate of drug-likeness (QED) is 0.686. The number of aromatic amines is 1. The summed E-state index contributed by atoms with van der Waals surface area (Å²) in [7, 11) is 0. The molecule has 0 unspecified atom stereocenters. The highest BCUT2D eigenvalue weighted by molar-refractivity contribution is 6.05. The summed E-state index contributed by atoms with van der Waals surface area (Å²) in [5, 5.41) is 0. The summed E-state index contributed by atoms with van der Waals surface area (Å²) in [6.45, 7) is 11.6. The second kappa shape index (κ2) is 8.21. The lowest BCUT2D eigenvalue weighted by atomic mass is 10.1. The van der Waals surface area contributed by atoms with Crippen LogP contribution in [0.2, 0.25) is 0 Å². The fourth-order valence-corrected chi connectivity index (χ4v) is 4.01. The highest BCUT2D eigenvalue weighted by atomic mass is 16.1. The third kappa shape index (κ3) is 3.96. The Labute approximate surface area is 172 Å². The van der Waals surface area contributed by atoms with Gasteiger partial charge in [0, 0.05) is 43.1 Å². The van der Waals surface area contributed by atoms with Crippen LogP contribution in [0.4, 0.5) is 11.4 Å². The molecule has 0 atom stereocenters. The Morgan fingerprint density at radius 1 is 1.07 bits per heavy atom. The van der Waals surface area contributed by atoms with E-state index in [0.29, 0.717) is 5.56 Å². The van der Waals surface area contributed by atoms with E-state index in [4.69, 9.17) is 4.99 Å². The zero-order valence-corrected chi connectivity index (χ0v) is 17.4. The summed E-state index contributed by atoms with van der Waals surface area (Å²) in [4.78, 5) is 25.3. The summed E-state index contributed by atoms with van der Waals surface area (Å²) in [6.07, 6.45) is 0. The van der Waals surface area contributed by atoms with E-state index in [0.717, 1.165) is 60.9 Å². The first-order valence-electron chi connectivity index (χ1n) is 10.3. The lowest BCUT2D eigenvalue weighted by molar-refractivity contribution is 0.271. The van der Waals surface area contributed by atoms with Crippen molar-refractivity contribution in [3.05, 3.63) is 70.0 Å². The zero-order chi connectivity index (χ0) is 20.4. The number of H-pyrrole nitrogens is 1. The smallest absolute Gasteiger partial charge is 0.258 e. The second-order valence-corrected chi connectivity index (χ2v) is 7.66. The molecule has 1 fully saturated rings. The van der Waals surface area contributed by atoms with Crippen LogP contribution in [-0.2, 0) is 0 Å². The van der Waals surface area contributed by atoms with Crippen molar-refractivity contribution in [1.82, 2.24) is 9.88 Å². The predicted octanol–water partition coefficient (Wildman–Crippen LogP) is 4.07. The molecule has 29 heavy (non-hydrogen) atoms. The van der Waals surface area contributed by atoms with E-state index in [2.05, 4.69) is 46.8 Å². The van der Waals surface area contributed by atoms with Gasteiger partial charge in [-0.2, -0.15) is 0 Å². The normalized spacial score (nSPS) is 15.8. The summed E-state index contributed by atoms with van der Waals surface area (Å²) in [5.74, 6) is 0. The predicted molar refractivity (Wildman–Crippen MR) is 121 cm³/mol. The molecule has 1 saturated heterocycles. The number of aryl methyl sites for hydroxylation is 1. The number of likely N-dealkylation sites (N-methyl/N-ethyl adjacent to an activating group) is 1. The number of nitrogens with zero attached hydrogens (tertiary/aromatic N) is 3. The van der Waals surface area contributed by atoms with Gasteiger partial charge >= 0.3 is 0 Å². The second-order valence-electron chi connectivity index (χ2n) is 7.66. The molecule has 0 saturated carbocycles. The average Bonchev–Trinajstić information content (AvgIpc) is 2.88. The highest BCUT2D eigenvalue weighted by Gasteiger charge is 2.18. The molecule has 0 amide bonds. The minimum atomic E-state index is -0.0862. The van der Waals surface area contributed by atoms with E-state index < -0.39 is 0 Å². The van der Waals surface area contributed by atoms with Crippen LogP contribution in [0, 0.1) is 6.92 Å². The topological polar surface area (TPSA) is 51.7 Å². The maximum absolute atomic E-state index is 12.6. The number of aliphatic imine (C=N–C) groups is 1. The van der Waals surface area contributed by atoms with Gasteiger partial charge in [-0.15, -0.1) is 0 Å². The number of nitrogens with one attached hydrogen (secondary N) is 1. The van der Waals surface area contributed by atoms with Crippen molar-refractivity contribution in [2.24, 2.45) is 4.99 Å². The Morgan fingerprint density at radius 2 is 1.83 bits per heavy atom. The first-order chi connectivity index (χ1) is 14.1. The molecule has 1 N–H and O–H groups in total. The van der Waals surface area contributed by atoms with Crippen molar-refractivity contribution in [1.29, 1.82) is 0 Å². The van der Waals surface area contributed by atoms with Crippen LogP contribution in [0.3, 0.4) is 0 Å². The van der Waals surface area contributed by atoms with Crippen LogP contribution < -0.4 is 10.5 Å². The molecule has 4 rings (SSSR count). The van der Waals surface area contributed by atoms with Gasteiger partial charge in [-0.25, -0.2) is 0 Å². The maximum Gasteiger partial charge on any atom is 0.258 e. The van der Waals surface area contributed by atoms with Crippen molar-refractivity contribution in [3.8, 4) is 11.3 Å². The average molecular weight is 389 g/mol. The molecule has 0 bridgehead atoms. The fourth-order valence-electron chi connectivity index (χ4n) is 4.01. The molecule has 0 spiro atoms. The number of aromatic nitrogens is 1. The van der Waals surface area contributed by atoms with Crippen LogP contribution in [0.5, 0.6) is 0 Å². The Kier molecular flexibility index (Phi) is 5.49. The number of anilines is 1. The molecule has 1 aromatic carbocycles. The van der Waals surface area contributed by atoms with Gasteiger partial charge in [0.25, 0.3) is 5.56 Å². The largest absolute Gasteiger partial charge is 0.369 e. The van der Waals surface area contributed by atoms with Crippen molar-refractivity contribution in [2.45, 2.75) is 20.8 Å². The van der Waals surface area contributed by atoms with Crippen molar-refractivity contribution in [3.63, 3.8) is 0 Å². The van der Waals surface area contributed by atoms with Crippen molar-refractivity contribution in [2.75, 3.05) is 37.6 Å². The first-order valence-corrected chi connectivity index (χ1v) is 10.3. The van der Waals surface area contributed by atoms with Gasteiger partial charge in [-0.3, -0.25) is 9.79 Å². The van der Waals surface area contributed by atoms with E-state index in [1.165, 1.54) is 5.69 Å². The van der Waals surface area contributed by atoms with Gasteiger partial charge in [0.1, 0.15) is 0 Å². The van der Waals surface area contributed by atoms with Crippen molar-refractivity contribution < 1.29 is 0 Å². The number of hydrogen-bond acceptors (Lipinski definition) is 4. The Hall–Kier alpha value is -2.92. The van der Waals surface area contributed by atoms with Gasteiger partial charge in [-0.05, 0) is 44.2 Å². The number of benzene rings is 1. The summed E-state index contributed by atoms with van der Waals surface area (Å²) < 4.78 is 0. The van der Waals surface area contributed by atoms with Crippen molar-refractivity contribution >= 4 is 17.1 Å². The fraction of sp³-hybridized carbons (Fsp3) is 0.333. The third-order valence-electron chi connectivity index (χ3n) is 5.81. The lowest BCUT2D eigenvalue weighted by Gasteiger charge is -2.35. The lowest BCUT2D eigenvalue weighted by Crippen LogP contribution is -2.46. The van der Waals surface area contributed by atoms with E-state index in [-0.39, 0.29) is 5.56 Å². The highest BCUT2D eigenvalue weighted by Crippen LogP contribution is 2.28. The minimum absolute atomic E-state index is 0.0862. The maximum atomic E-state index is 12.6. The summed E-state index contributed by atoms with van der Waals surface area (Å²) >= 11 is 0. The molecular formula is C24H28N4O. The standard InChI is InChI=1S/C24H28N4O/c1-4-27-12-14-28(15-13-27)19-11-10-17(2)22(16-19)25-18(3)23-20-8-6-5-7-9-21(20)26-24(23)29/h5-11,16H,4,12-15H2,1-3H3,(H,26,29). The summed E-state index contributed by atoms with van der Waals surface area (Å²) in [5.41, 5.74) is 6.28. The molecule has 2 aliphatic heterocycles. The van der Waals surface area contributed by atoms with Crippen LogP contribution in [0.25, 0.3) is 11.3 Å². The zero-order valence-electron chi connectivity index (χ0n) is 17.4. The van der Waals surface area contributed by atoms with Gasteiger partial charge in [0.05, 0.1) is 17.0 Å². The molecular weight excluding hydrogens is 360 g/mol. The molecule has 5 nitrogen and oxygen atoms in total. The Bertz CT molecular complexity index is 1060. The van der Waals surface area contributed by atoms with Crippen LogP contribution in [0.1, 0.15) is 25.0 Å². The molecule has 1 aromatic rings. The molecule has 150 valence electrons. The van der Waals surface area contributed by atoms with Gasteiger partial charge in [-0.1, -0.05) is 37.3 Å². The molecule has 0 aromatic heterocycles. The van der Waals surface area contributed by atoms with Crippen LogP contribution >= 0.6 is 0 Å². The molecule has 2 heterocycles. The molecule has 0 radical (unpaired) electrons. The SMILES string of the molecule is CCN1CCN(c2ccc(C)c(N=C(C)c3c4cccccc-4[nH]c3=O)c2)CC1. The molecule has 3 aliphatic rings. The van der Waals surface area contributed by atoms with Crippen LogP contribution in [0.15, 0.2) is 58.3 Å². The number of piperazine rings is 1. The molecule has 1 aliphatic carbocycles. The monoisotopic (exact) mass is 388 g/mol. The summed E-state index contributed by atoms with van der Waals surface area (Å²) in [6, 6.07) is 16.2. The molecule has 5 heteroatoms. The Balaban J connectivity index is 1.67. The first kappa shape index (κ1) is 19.4. The number of fused-ring (bicyclic) bond motifs is 1. The van der Waals surface area contributed by atoms with Crippen LogP contribution in [-0.4, -0.2) is 48.3 Å². The van der Waals surface area contributed by atoms with E-state index >= 15 is 0 Å². The third-order valence-corrected chi connectivity index (χ3v) is 5.81. The Morgan fingerprint density at radius 3 is 2.59 bits per heavy atom. The van der Waals surface area contributed by atoms with E-state index in [1.54, 1.807) is 0 Å². The number of hydrogen-bond donors (Lipinski definition) is 1. The van der Waals surface area contributed by atoms with Gasteiger partial charge in [0.2, 0.25) is 0 Å². The van der Waals surface area contributed by atoms with E-state index in [9.17, 15) is 4.79 Å². The van der Waals surface area contributed by atoms with Gasteiger partial charge in [0.15, 0.2) is 0 Å². The number of rotatable bonds is 4. The minimum Gasteiger partial charge on any atom is -0.369 e.